The Balaban J connectivity index is 2.47. The maximum absolute atomic E-state index is 11.4. The van der Waals surface area contributed by atoms with Gasteiger partial charge in [0.05, 0.1) is 7.11 Å². The lowest BCUT2D eigenvalue weighted by molar-refractivity contribution is -0.136. The van der Waals surface area contributed by atoms with Gasteiger partial charge in [-0.25, -0.2) is 4.79 Å². The zero-order chi connectivity index (χ0) is 12.7. The number of esters is 1. The van der Waals surface area contributed by atoms with E-state index in [0.717, 1.165) is 36.9 Å². The monoisotopic (exact) mass is 257 g/mol. The van der Waals surface area contributed by atoms with E-state index in [-0.39, 0.29) is 5.97 Å². The molecule has 1 fully saturated rings. The van der Waals surface area contributed by atoms with Crippen LogP contribution in [0, 0.1) is 0 Å². The van der Waals surface area contributed by atoms with E-state index < -0.39 is 0 Å². The predicted octanol–water partition coefficient (Wildman–Crippen LogP) is 2.32. The summed E-state index contributed by atoms with van der Waals surface area (Å²) in [7, 11) is 1.44. The molecule has 1 rings (SSSR count). The molecule has 0 aromatic rings. The zero-order valence-corrected chi connectivity index (χ0v) is 11.9. The van der Waals surface area contributed by atoms with Crippen LogP contribution in [0.1, 0.15) is 26.7 Å². The van der Waals surface area contributed by atoms with Gasteiger partial charge in [-0.1, -0.05) is 19.9 Å². The number of rotatable bonds is 5. The van der Waals surface area contributed by atoms with Crippen LogP contribution in [0.15, 0.2) is 11.6 Å². The van der Waals surface area contributed by atoms with Crippen LogP contribution in [0.5, 0.6) is 0 Å². The van der Waals surface area contributed by atoms with E-state index in [1.807, 2.05) is 13.0 Å². The average Bonchev–Trinajstić information content (AvgIpc) is 2.39. The first kappa shape index (κ1) is 14.6. The second-order valence-corrected chi connectivity index (χ2v) is 5.64. The van der Waals surface area contributed by atoms with Crippen LogP contribution in [0.25, 0.3) is 0 Å². The lowest BCUT2D eigenvalue weighted by Gasteiger charge is -2.31. The normalized spacial score (nSPS) is 22.5. The van der Waals surface area contributed by atoms with Crippen LogP contribution in [-0.2, 0) is 9.53 Å². The van der Waals surface area contributed by atoms with E-state index in [4.69, 9.17) is 4.74 Å². The molecule has 0 aromatic carbocycles. The van der Waals surface area contributed by atoms with Crippen molar-refractivity contribution in [3.05, 3.63) is 11.6 Å². The molecule has 0 amide bonds. The van der Waals surface area contributed by atoms with Gasteiger partial charge in [-0.15, -0.1) is 0 Å². The van der Waals surface area contributed by atoms with E-state index in [9.17, 15) is 4.79 Å². The lowest BCUT2D eigenvalue weighted by atomic mass is 10.2. The molecule has 1 heterocycles. The fourth-order valence-corrected chi connectivity index (χ4v) is 3.18. The quantitative estimate of drug-likeness (QED) is 0.558. The Morgan fingerprint density at radius 3 is 2.88 bits per heavy atom. The average molecular weight is 257 g/mol. The topological polar surface area (TPSA) is 29.5 Å². The summed E-state index contributed by atoms with van der Waals surface area (Å²) in [6, 6.07) is 0. The van der Waals surface area contributed by atoms with Crippen molar-refractivity contribution in [3.63, 3.8) is 0 Å². The molecular formula is C13H23NO2S. The Hall–Kier alpha value is -0.480. The zero-order valence-electron chi connectivity index (χ0n) is 11.1. The van der Waals surface area contributed by atoms with Gasteiger partial charge in [0.2, 0.25) is 0 Å². The molecule has 1 aliphatic heterocycles. The van der Waals surface area contributed by atoms with Gasteiger partial charge in [-0.2, -0.15) is 11.8 Å². The largest absolute Gasteiger partial charge is 0.466 e. The molecule has 3 nitrogen and oxygen atoms in total. The molecule has 1 unspecified atom stereocenters. The molecule has 17 heavy (non-hydrogen) atoms. The molecule has 0 bridgehead atoms. The number of ether oxygens (including phenoxy) is 1. The smallest absolute Gasteiger partial charge is 0.333 e. The van der Waals surface area contributed by atoms with Gasteiger partial charge in [-0.3, -0.25) is 4.90 Å². The number of thioether (sulfide) groups is 1. The van der Waals surface area contributed by atoms with Gasteiger partial charge < -0.3 is 4.74 Å². The van der Waals surface area contributed by atoms with E-state index in [1.165, 1.54) is 19.3 Å². The summed E-state index contributed by atoms with van der Waals surface area (Å²) in [5.41, 5.74) is 0.791. The summed E-state index contributed by atoms with van der Waals surface area (Å²) < 4.78 is 4.76. The minimum absolute atomic E-state index is 0.189. The number of nitrogens with zero attached hydrogens (tertiary/aromatic N) is 1. The van der Waals surface area contributed by atoms with Crippen LogP contribution in [0.3, 0.4) is 0 Å². The summed E-state index contributed by atoms with van der Waals surface area (Å²) in [6.45, 7) is 7.35. The number of methoxy groups -OCH3 is 1. The first-order valence-corrected chi connectivity index (χ1v) is 7.37. The van der Waals surface area contributed by atoms with Crippen molar-refractivity contribution < 1.29 is 9.53 Å². The fourth-order valence-electron chi connectivity index (χ4n) is 1.94. The molecule has 1 saturated heterocycles. The number of carbonyl (C=O) groups is 1. The van der Waals surface area contributed by atoms with Gasteiger partial charge in [0.1, 0.15) is 0 Å². The second-order valence-electron chi connectivity index (χ2n) is 4.24. The number of hydrogen-bond donors (Lipinski definition) is 0. The molecule has 0 spiro atoms. The van der Waals surface area contributed by atoms with Crippen molar-refractivity contribution >= 4 is 17.7 Å². The molecule has 98 valence electrons. The lowest BCUT2D eigenvalue weighted by Crippen LogP contribution is -2.37. The van der Waals surface area contributed by atoms with Gasteiger partial charge in [0, 0.05) is 36.2 Å². The van der Waals surface area contributed by atoms with Crippen LogP contribution in [-0.4, -0.2) is 48.6 Å². The molecule has 1 aliphatic rings. The van der Waals surface area contributed by atoms with Crippen molar-refractivity contribution in [2.45, 2.75) is 31.9 Å². The van der Waals surface area contributed by atoms with Crippen molar-refractivity contribution in [3.8, 4) is 0 Å². The molecule has 4 heteroatoms. The number of carbonyl (C=O) groups excluding carboxylic acids is 1. The Labute approximate surface area is 109 Å². The number of hydrogen-bond acceptors (Lipinski definition) is 4. The first-order valence-electron chi connectivity index (χ1n) is 6.32. The minimum atomic E-state index is -0.189. The predicted molar refractivity (Wildman–Crippen MR) is 73.4 cm³/mol. The highest BCUT2D eigenvalue weighted by Gasteiger charge is 2.18. The maximum atomic E-state index is 11.4. The molecule has 0 radical (unpaired) electrons. The third-order valence-corrected chi connectivity index (χ3v) is 4.47. The minimum Gasteiger partial charge on any atom is -0.466 e. The molecule has 1 atom stereocenters. The second kappa shape index (κ2) is 7.77. The summed E-state index contributed by atoms with van der Waals surface area (Å²) in [4.78, 5) is 13.8. The Kier molecular flexibility index (Phi) is 6.66. The van der Waals surface area contributed by atoms with E-state index in [1.54, 1.807) is 0 Å². The van der Waals surface area contributed by atoms with Crippen molar-refractivity contribution in [2.24, 2.45) is 0 Å². The first-order chi connectivity index (χ1) is 8.21. The molecule has 0 saturated carbocycles. The highest BCUT2D eigenvalue weighted by atomic mass is 32.2. The maximum Gasteiger partial charge on any atom is 0.333 e. The van der Waals surface area contributed by atoms with Gasteiger partial charge >= 0.3 is 5.97 Å². The van der Waals surface area contributed by atoms with Gasteiger partial charge in [-0.05, 0) is 12.8 Å². The van der Waals surface area contributed by atoms with E-state index in [2.05, 4.69) is 23.6 Å². The Morgan fingerprint density at radius 1 is 1.53 bits per heavy atom. The van der Waals surface area contributed by atoms with Gasteiger partial charge in [0.15, 0.2) is 0 Å². The van der Waals surface area contributed by atoms with Gasteiger partial charge in [0.25, 0.3) is 0 Å². The SMILES string of the molecule is CC/C(=C/CN1CCSC(CC)C1)C(=O)OC. The summed E-state index contributed by atoms with van der Waals surface area (Å²) in [5.74, 6) is 1.01. The molecular weight excluding hydrogens is 234 g/mol. The van der Waals surface area contributed by atoms with Crippen molar-refractivity contribution in [1.82, 2.24) is 4.90 Å². The third-order valence-electron chi connectivity index (χ3n) is 3.10. The Bertz CT molecular complexity index is 279. The summed E-state index contributed by atoms with van der Waals surface area (Å²) in [5, 5.41) is 0.750. The van der Waals surface area contributed by atoms with Crippen molar-refractivity contribution in [1.29, 1.82) is 0 Å². The third kappa shape index (κ3) is 4.72. The van der Waals surface area contributed by atoms with E-state index >= 15 is 0 Å². The molecule has 0 aliphatic carbocycles. The fraction of sp³-hybridized carbons (Fsp3) is 0.769. The van der Waals surface area contributed by atoms with Crippen molar-refractivity contribution in [2.75, 3.05) is 32.5 Å². The van der Waals surface area contributed by atoms with Crippen LogP contribution in [0.4, 0.5) is 0 Å². The highest BCUT2D eigenvalue weighted by molar-refractivity contribution is 8.00. The highest BCUT2D eigenvalue weighted by Crippen LogP contribution is 2.21. The molecule has 0 N–H and O–H groups in total. The standard InChI is InChI=1S/C13H23NO2S/c1-4-11(13(15)16-3)6-7-14-8-9-17-12(5-2)10-14/h6,12H,4-5,7-10H2,1-3H3/b11-6-. The van der Waals surface area contributed by atoms with Crippen LogP contribution in [0.2, 0.25) is 0 Å². The Morgan fingerprint density at radius 2 is 2.29 bits per heavy atom. The summed E-state index contributed by atoms with van der Waals surface area (Å²) in [6.07, 6.45) is 3.99. The summed E-state index contributed by atoms with van der Waals surface area (Å²) >= 11 is 2.06. The van der Waals surface area contributed by atoms with E-state index in [0.29, 0.717) is 0 Å². The molecule has 0 aromatic heterocycles. The van der Waals surface area contributed by atoms with Crippen LogP contribution >= 0.6 is 11.8 Å². The van der Waals surface area contributed by atoms with Crippen LogP contribution < -0.4 is 0 Å².